The molecule has 2 aromatic carbocycles. The lowest BCUT2D eigenvalue weighted by atomic mass is 9.94. The first-order valence-electron chi connectivity index (χ1n) is 13.1. The molecule has 1 fully saturated rings. The number of hydrogen-bond acceptors (Lipinski definition) is 6. The number of methoxy groups -OCH3 is 1. The fraction of sp³-hybridized carbons (Fsp3) is 0.345. The molecule has 1 aliphatic heterocycles. The molecule has 10 heteroatoms. The number of hydrogen-bond donors (Lipinski definition) is 3. The number of amides is 2. The number of aromatic nitrogens is 2. The van der Waals surface area contributed by atoms with Crippen molar-refractivity contribution in [3.63, 3.8) is 0 Å². The SMILES string of the molecule is COc1ccc(NC(=O)C2=C(C)Nc3c(C(=O)NC4CCCCC4)c(SC)nn3C2c2ccc(Cl)cc2)cc1. The first-order chi connectivity index (χ1) is 18.9. The van der Waals surface area contributed by atoms with Crippen molar-refractivity contribution in [3.05, 3.63) is 76.0 Å². The number of benzene rings is 2. The topological polar surface area (TPSA) is 97.3 Å². The molecule has 1 atom stereocenters. The van der Waals surface area contributed by atoms with Crippen LogP contribution in [-0.4, -0.2) is 41.0 Å². The predicted octanol–water partition coefficient (Wildman–Crippen LogP) is 6.26. The predicted molar refractivity (Wildman–Crippen MR) is 156 cm³/mol. The summed E-state index contributed by atoms with van der Waals surface area (Å²) in [7, 11) is 1.60. The molecule has 0 saturated heterocycles. The number of anilines is 2. The molecule has 8 nitrogen and oxygen atoms in total. The Morgan fingerprint density at radius 2 is 1.74 bits per heavy atom. The minimum atomic E-state index is -0.570. The van der Waals surface area contributed by atoms with E-state index in [9.17, 15) is 9.59 Å². The standard InChI is InChI=1S/C29H32ClN5O3S/c1-17-23(27(36)33-21-13-15-22(38-2)16-14-21)25(18-9-11-19(30)12-10-18)35-26(31-17)24(29(34-35)39-3)28(37)32-20-7-5-4-6-8-20/h9-16,20,25,31H,4-8H2,1-3H3,(H,32,37)(H,33,36). The third-order valence-electron chi connectivity index (χ3n) is 7.25. The maximum absolute atomic E-state index is 13.8. The highest BCUT2D eigenvalue weighted by Gasteiger charge is 2.37. The van der Waals surface area contributed by atoms with Crippen molar-refractivity contribution in [2.24, 2.45) is 0 Å². The molecule has 1 aliphatic carbocycles. The van der Waals surface area contributed by atoms with Gasteiger partial charge in [0.05, 0.1) is 12.7 Å². The van der Waals surface area contributed by atoms with Crippen LogP contribution in [0.1, 0.15) is 61.0 Å². The van der Waals surface area contributed by atoms with Gasteiger partial charge in [0.1, 0.15) is 28.2 Å². The maximum atomic E-state index is 13.8. The van der Waals surface area contributed by atoms with Gasteiger partial charge in [0.25, 0.3) is 11.8 Å². The van der Waals surface area contributed by atoms with Crippen molar-refractivity contribution in [1.29, 1.82) is 0 Å². The summed E-state index contributed by atoms with van der Waals surface area (Å²) in [5, 5.41) is 15.6. The fourth-order valence-corrected chi connectivity index (χ4v) is 5.95. The largest absolute Gasteiger partial charge is 0.497 e. The molecule has 1 unspecified atom stereocenters. The van der Waals surface area contributed by atoms with E-state index in [0.717, 1.165) is 31.2 Å². The number of rotatable bonds is 7. The van der Waals surface area contributed by atoms with E-state index in [1.807, 2.05) is 25.3 Å². The smallest absolute Gasteiger partial charge is 0.258 e. The molecule has 1 saturated carbocycles. The van der Waals surface area contributed by atoms with Crippen molar-refractivity contribution in [2.45, 2.75) is 56.1 Å². The van der Waals surface area contributed by atoms with Crippen molar-refractivity contribution >= 4 is 46.7 Å². The molecule has 5 rings (SSSR count). The van der Waals surface area contributed by atoms with Crippen molar-refractivity contribution in [1.82, 2.24) is 15.1 Å². The number of nitrogens with one attached hydrogen (secondary N) is 3. The average molecular weight is 566 g/mol. The van der Waals surface area contributed by atoms with E-state index in [1.165, 1.54) is 18.2 Å². The van der Waals surface area contributed by atoms with Gasteiger partial charge in [-0.25, -0.2) is 4.68 Å². The van der Waals surface area contributed by atoms with Gasteiger partial charge in [0.2, 0.25) is 0 Å². The number of thioether (sulfide) groups is 1. The van der Waals surface area contributed by atoms with Crippen LogP contribution < -0.4 is 20.7 Å². The van der Waals surface area contributed by atoms with Crippen LogP contribution >= 0.6 is 23.4 Å². The molecular formula is C29H32ClN5O3S. The molecule has 0 bridgehead atoms. The fourth-order valence-electron chi connectivity index (χ4n) is 5.26. The van der Waals surface area contributed by atoms with Crippen LogP contribution in [0.5, 0.6) is 5.75 Å². The van der Waals surface area contributed by atoms with Crippen LogP contribution in [0.25, 0.3) is 0 Å². The van der Waals surface area contributed by atoms with E-state index in [0.29, 0.717) is 44.1 Å². The van der Waals surface area contributed by atoms with Gasteiger partial charge in [0.15, 0.2) is 0 Å². The van der Waals surface area contributed by atoms with Crippen LogP contribution in [-0.2, 0) is 4.79 Å². The quantitative estimate of drug-likeness (QED) is 0.293. The molecule has 3 N–H and O–H groups in total. The summed E-state index contributed by atoms with van der Waals surface area (Å²) < 4.78 is 6.98. The summed E-state index contributed by atoms with van der Waals surface area (Å²) in [6.45, 7) is 1.85. The first-order valence-corrected chi connectivity index (χ1v) is 14.7. The Labute approximate surface area is 237 Å². The summed E-state index contributed by atoms with van der Waals surface area (Å²) in [4.78, 5) is 27.3. The highest BCUT2D eigenvalue weighted by molar-refractivity contribution is 7.98. The number of carbonyl (C=O) groups excluding carboxylic acids is 2. The van der Waals surface area contributed by atoms with Gasteiger partial charge in [-0.2, -0.15) is 5.10 Å². The zero-order chi connectivity index (χ0) is 27.5. The number of carbonyl (C=O) groups is 2. The van der Waals surface area contributed by atoms with E-state index in [-0.39, 0.29) is 17.9 Å². The van der Waals surface area contributed by atoms with Gasteiger partial charge in [-0.3, -0.25) is 9.59 Å². The van der Waals surface area contributed by atoms with Crippen molar-refractivity contribution < 1.29 is 14.3 Å². The highest BCUT2D eigenvalue weighted by Crippen LogP contribution is 2.41. The Hall–Kier alpha value is -3.43. The van der Waals surface area contributed by atoms with E-state index in [1.54, 1.807) is 48.2 Å². The Morgan fingerprint density at radius 3 is 2.38 bits per heavy atom. The highest BCUT2D eigenvalue weighted by atomic mass is 35.5. The lowest BCUT2D eigenvalue weighted by Gasteiger charge is -2.30. The van der Waals surface area contributed by atoms with E-state index >= 15 is 0 Å². The van der Waals surface area contributed by atoms with Crippen molar-refractivity contribution in [3.8, 4) is 5.75 Å². The van der Waals surface area contributed by atoms with Gasteiger partial charge in [-0.15, -0.1) is 11.8 Å². The molecule has 1 aromatic heterocycles. The average Bonchev–Trinajstić information content (AvgIpc) is 3.32. The Kier molecular flexibility index (Phi) is 8.18. The van der Waals surface area contributed by atoms with Crippen LogP contribution in [0, 0.1) is 0 Å². The van der Waals surface area contributed by atoms with Gasteiger partial charge in [-0.1, -0.05) is 43.0 Å². The molecule has 2 aliphatic rings. The summed E-state index contributed by atoms with van der Waals surface area (Å²) >= 11 is 7.61. The Bertz CT molecular complexity index is 1400. The van der Waals surface area contributed by atoms with E-state index < -0.39 is 6.04 Å². The van der Waals surface area contributed by atoms with Crippen molar-refractivity contribution in [2.75, 3.05) is 24.0 Å². The molecule has 3 aromatic rings. The lowest BCUT2D eigenvalue weighted by molar-refractivity contribution is -0.113. The molecule has 0 spiro atoms. The summed E-state index contributed by atoms with van der Waals surface area (Å²) in [5.74, 6) is 0.858. The van der Waals surface area contributed by atoms with E-state index in [2.05, 4.69) is 16.0 Å². The first kappa shape index (κ1) is 27.1. The van der Waals surface area contributed by atoms with Crippen LogP contribution in [0.4, 0.5) is 11.5 Å². The third kappa shape index (κ3) is 5.65. The summed E-state index contributed by atoms with van der Waals surface area (Å²) in [5.41, 5.74) is 3.11. The second-order valence-corrected chi connectivity index (χ2v) is 11.0. The second kappa shape index (κ2) is 11.8. The molecular weight excluding hydrogens is 534 g/mol. The molecule has 2 amide bonds. The number of ether oxygens (including phenoxy) is 1. The molecule has 0 radical (unpaired) electrons. The summed E-state index contributed by atoms with van der Waals surface area (Å²) in [6, 6.07) is 14.1. The maximum Gasteiger partial charge on any atom is 0.258 e. The number of fused-ring (bicyclic) bond motifs is 1. The van der Waals surface area contributed by atoms with Gasteiger partial charge < -0.3 is 20.7 Å². The minimum absolute atomic E-state index is 0.145. The second-order valence-electron chi connectivity index (χ2n) is 9.79. The Balaban J connectivity index is 1.55. The van der Waals surface area contributed by atoms with Crippen LogP contribution in [0.3, 0.4) is 0 Å². The van der Waals surface area contributed by atoms with E-state index in [4.69, 9.17) is 21.4 Å². The molecule has 2 heterocycles. The minimum Gasteiger partial charge on any atom is -0.497 e. The van der Waals surface area contributed by atoms with Gasteiger partial charge >= 0.3 is 0 Å². The lowest BCUT2D eigenvalue weighted by Crippen LogP contribution is -2.37. The van der Waals surface area contributed by atoms with Gasteiger partial charge in [0, 0.05) is 22.4 Å². The molecule has 39 heavy (non-hydrogen) atoms. The normalized spacial score (nSPS) is 17.3. The number of halogens is 1. The van der Waals surface area contributed by atoms with Crippen LogP contribution in [0.2, 0.25) is 5.02 Å². The molecule has 204 valence electrons. The monoisotopic (exact) mass is 565 g/mol. The summed E-state index contributed by atoms with van der Waals surface area (Å²) in [6.07, 6.45) is 7.33. The Morgan fingerprint density at radius 1 is 1.05 bits per heavy atom. The number of nitrogens with zero attached hydrogens (tertiary/aromatic N) is 2. The van der Waals surface area contributed by atoms with Crippen LogP contribution in [0.15, 0.2) is 64.8 Å². The third-order valence-corrected chi connectivity index (χ3v) is 8.17. The zero-order valence-electron chi connectivity index (χ0n) is 22.2. The zero-order valence-corrected chi connectivity index (χ0v) is 23.8. The number of allylic oxidation sites excluding steroid dienone is 1. The van der Waals surface area contributed by atoms with Gasteiger partial charge in [-0.05, 0) is 68.0 Å².